The molecule has 0 spiro atoms. The van der Waals surface area contributed by atoms with E-state index in [0.717, 1.165) is 0 Å². The minimum atomic E-state index is 0. The zero-order valence-electron chi connectivity index (χ0n) is 22.4. The second-order valence-corrected chi connectivity index (χ2v) is 19.3. The fourth-order valence-electron chi connectivity index (χ4n) is 4.71. The SMILES string of the molecule is CCCC[Si](=[Hf+2])CCCC.[Cl-].[Cl-].c1ccc2c(c1)[cH-]c1ccccc12.c1ccc2c(c1)[cH-]c1ccccc12. The van der Waals surface area contributed by atoms with Crippen LogP contribution < -0.4 is 24.8 Å². The minimum Gasteiger partial charge on any atom is -1.00 e. The van der Waals surface area contributed by atoms with Crippen molar-refractivity contribution in [1.29, 1.82) is 0 Å². The van der Waals surface area contributed by atoms with Gasteiger partial charge in [-0.15, -0.1) is 79.5 Å². The van der Waals surface area contributed by atoms with E-state index in [9.17, 15) is 0 Å². The Kier molecular flexibility index (Phi) is 14.6. The molecule has 0 aliphatic carbocycles. The summed E-state index contributed by atoms with van der Waals surface area (Å²) in [4.78, 5) is 0. The maximum atomic E-state index is 2.30. The molecule has 38 heavy (non-hydrogen) atoms. The molecular weight excluding hydrogens is 686 g/mol. The number of rotatable bonds is 6. The van der Waals surface area contributed by atoms with Crippen molar-refractivity contribution in [3.05, 3.63) is 109 Å². The van der Waals surface area contributed by atoms with Crippen LogP contribution >= 0.6 is 0 Å². The summed E-state index contributed by atoms with van der Waals surface area (Å²) in [6.07, 6.45) is 5.81. The Labute approximate surface area is 255 Å². The Bertz CT molecular complexity index is 1330. The van der Waals surface area contributed by atoms with E-state index in [1.807, 2.05) is 0 Å². The summed E-state index contributed by atoms with van der Waals surface area (Å²) in [5, 5.41) is 10.8. The maximum absolute atomic E-state index is 2.30. The van der Waals surface area contributed by atoms with Crippen molar-refractivity contribution in [1.82, 2.24) is 0 Å². The number of hydrogen-bond acceptors (Lipinski definition) is 0. The van der Waals surface area contributed by atoms with E-state index in [1.54, 1.807) is 12.1 Å². The zero-order chi connectivity index (χ0) is 25.2. The molecule has 4 heteroatoms. The molecule has 0 saturated heterocycles. The van der Waals surface area contributed by atoms with Crippen LogP contribution in [0, 0.1) is 0 Å². The van der Waals surface area contributed by atoms with Crippen molar-refractivity contribution in [3.63, 3.8) is 0 Å². The second-order valence-electron chi connectivity index (χ2n) is 9.45. The van der Waals surface area contributed by atoms with Gasteiger partial charge in [0.1, 0.15) is 0 Å². The fourth-order valence-corrected chi connectivity index (χ4v) is 10.3. The van der Waals surface area contributed by atoms with Gasteiger partial charge in [0.15, 0.2) is 0 Å². The monoisotopic (exact) mass is 722 g/mol. The summed E-state index contributed by atoms with van der Waals surface area (Å²) >= 11 is 1.52. The predicted octanol–water partition coefficient (Wildman–Crippen LogP) is 4.56. The Morgan fingerprint density at radius 3 is 1.03 bits per heavy atom. The number of halogens is 2. The summed E-state index contributed by atoms with van der Waals surface area (Å²) in [6.45, 7) is 4.60. The molecule has 6 rings (SSSR count). The van der Waals surface area contributed by atoms with Gasteiger partial charge in [0, 0.05) is 0 Å². The van der Waals surface area contributed by atoms with Crippen LogP contribution in [0.2, 0.25) is 12.1 Å². The minimum absolute atomic E-state index is 0. The van der Waals surface area contributed by atoms with Crippen molar-refractivity contribution in [2.75, 3.05) is 0 Å². The van der Waals surface area contributed by atoms with Crippen LogP contribution in [0.15, 0.2) is 109 Å². The Hall–Kier alpha value is -1.71. The molecule has 0 saturated carbocycles. The van der Waals surface area contributed by atoms with Gasteiger partial charge in [-0.1, -0.05) is 72.8 Å². The first-order valence-corrected chi connectivity index (χ1v) is 20.6. The largest absolute Gasteiger partial charge is 1.00 e. The molecule has 0 aliphatic heterocycles. The molecule has 0 heterocycles. The molecule has 0 fully saturated rings. The van der Waals surface area contributed by atoms with Crippen molar-refractivity contribution < 1.29 is 47.8 Å². The quantitative estimate of drug-likeness (QED) is 0.175. The van der Waals surface area contributed by atoms with E-state index in [2.05, 4.69) is 123 Å². The summed E-state index contributed by atoms with van der Waals surface area (Å²) in [7, 11) is 0. The van der Waals surface area contributed by atoms with Crippen LogP contribution in [0.3, 0.4) is 0 Å². The third kappa shape index (κ3) is 8.65. The molecule has 0 aromatic heterocycles. The zero-order valence-corrected chi connectivity index (χ0v) is 28.5. The standard InChI is InChI=1S/2C13H9.C8H18Si.2ClH.Hf/c2*1-3-7-12-10(5-1)9-11-6-2-4-8-13(11)12;1-3-5-7-9-8-6-4-2;;;/h2*1-9H;3-8H2,1-2H3;2*1H;/q2*-1;;;;+2/p-2. The van der Waals surface area contributed by atoms with Crippen molar-refractivity contribution in [3.8, 4) is 0 Å². The third-order valence-electron chi connectivity index (χ3n) is 6.71. The van der Waals surface area contributed by atoms with E-state index in [4.69, 9.17) is 0 Å². The van der Waals surface area contributed by atoms with Crippen LogP contribution in [0.5, 0.6) is 0 Å². The first-order valence-electron chi connectivity index (χ1n) is 13.3. The summed E-state index contributed by atoms with van der Waals surface area (Å²) in [5.74, 6) is 0. The van der Waals surface area contributed by atoms with E-state index in [-0.39, 0.29) is 30.3 Å². The van der Waals surface area contributed by atoms with Gasteiger partial charge >= 0.3 is 80.1 Å². The smallest absolute Gasteiger partial charge is 0.0771 e. The molecule has 0 bridgehead atoms. The molecule has 196 valence electrons. The molecule has 0 radical (unpaired) electrons. The normalized spacial score (nSPS) is 10.2. The number of unbranched alkanes of at least 4 members (excludes halogenated alkanes) is 2. The molecule has 0 N–H and O–H groups in total. The first-order chi connectivity index (χ1) is 17.7. The average Bonchev–Trinajstić information content (AvgIpc) is 3.50. The first kappa shape index (κ1) is 32.5. The molecule has 0 atom stereocenters. The molecule has 0 unspecified atom stereocenters. The van der Waals surface area contributed by atoms with Crippen LogP contribution in [-0.2, 0) is 23.0 Å². The topological polar surface area (TPSA) is 0 Å². The third-order valence-corrected chi connectivity index (χ3v) is 14.0. The van der Waals surface area contributed by atoms with Crippen LogP contribution in [0.1, 0.15) is 39.5 Å². The van der Waals surface area contributed by atoms with E-state index in [1.165, 1.54) is 91.8 Å². The molecule has 0 nitrogen and oxygen atoms in total. The van der Waals surface area contributed by atoms with Gasteiger partial charge in [-0.2, -0.15) is 0 Å². The summed E-state index contributed by atoms with van der Waals surface area (Å²) in [5.41, 5.74) is 0.224. The maximum Gasteiger partial charge on any atom is -0.0771 e. The van der Waals surface area contributed by atoms with Crippen molar-refractivity contribution in [2.45, 2.75) is 51.6 Å². The van der Waals surface area contributed by atoms with Crippen LogP contribution in [0.25, 0.3) is 43.1 Å². The Balaban J connectivity index is 0.000000198. The molecule has 6 aromatic carbocycles. The van der Waals surface area contributed by atoms with Gasteiger partial charge in [0.25, 0.3) is 0 Å². The van der Waals surface area contributed by atoms with Gasteiger partial charge in [-0.05, 0) is 0 Å². The fraction of sp³-hybridized carbons (Fsp3) is 0.235. The number of fused-ring (bicyclic) bond motifs is 6. The summed E-state index contributed by atoms with van der Waals surface area (Å²) in [6, 6.07) is 41.8. The van der Waals surface area contributed by atoms with Gasteiger partial charge in [-0.25, -0.2) is 0 Å². The Morgan fingerprint density at radius 2 is 0.763 bits per heavy atom. The van der Waals surface area contributed by atoms with Crippen molar-refractivity contribution in [2.24, 2.45) is 0 Å². The molecule has 6 aromatic rings. The number of hydrogen-bond donors (Lipinski definition) is 0. The van der Waals surface area contributed by atoms with Gasteiger partial charge in [-0.3, -0.25) is 0 Å². The van der Waals surface area contributed by atoms with Crippen molar-refractivity contribution >= 4 is 48.6 Å². The van der Waals surface area contributed by atoms with E-state index >= 15 is 0 Å². The molecule has 0 amide bonds. The van der Waals surface area contributed by atoms with Gasteiger partial charge < -0.3 is 24.8 Å². The van der Waals surface area contributed by atoms with Crippen LogP contribution in [0.4, 0.5) is 0 Å². The Morgan fingerprint density at radius 1 is 0.500 bits per heavy atom. The van der Waals surface area contributed by atoms with Gasteiger partial charge in [0.05, 0.1) is 0 Å². The van der Waals surface area contributed by atoms with Crippen LogP contribution in [-0.4, -0.2) is 5.49 Å². The molecular formula is C34H36Cl2HfSi-2. The predicted molar refractivity (Wildman–Crippen MR) is 159 cm³/mol. The van der Waals surface area contributed by atoms with E-state index < -0.39 is 0 Å². The van der Waals surface area contributed by atoms with E-state index in [0.29, 0.717) is 0 Å². The summed E-state index contributed by atoms with van der Waals surface area (Å²) < 4.78 is 0. The molecule has 0 aliphatic rings. The van der Waals surface area contributed by atoms with Gasteiger partial charge in [0.2, 0.25) is 0 Å². The average molecular weight is 722 g/mol. The number of benzene rings is 4. The second kappa shape index (κ2) is 17.1.